The Morgan fingerprint density at radius 3 is 2.90 bits per heavy atom. The molecule has 0 saturated carbocycles. The summed E-state index contributed by atoms with van der Waals surface area (Å²) in [7, 11) is 0. The van der Waals surface area contributed by atoms with Gasteiger partial charge in [-0.3, -0.25) is 9.69 Å². The lowest BCUT2D eigenvalue weighted by atomic mass is 9.90. The van der Waals surface area contributed by atoms with Gasteiger partial charge in [-0.1, -0.05) is 11.6 Å². The number of aromatic nitrogens is 2. The van der Waals surface area contributed by atoms with E-state index in [2.05, 4.69) is 14.9 Å². The van der Waals surface area contributed by atoms with Gasteiger partial charge >= 0.3 is 0 Å². The molecule has 4 nitrogen and oxygen atoms in total. The fourth-order valence-corrected chi connectivity index (χ4v) is 2.99. The number of nitrogens with zero attached hydrogens (tertiary/aromatic N) is 2. The van der Waals surface area contributed by atoms with E-state index >= 15 is 0 Å². The van der Waals surface area contributed by atoms with Gasteiger partial charge in [0.25, 0.3) is 0 Å². The molecule has 0 aliphatic carbocycles. The van der Waals surface area contributed by atoms with E-state index in [0.29, 0.717) is 5.02 Å². The summed E-state index contributed by atoms with van der Waals surface area (Å²) in [6, 6.07) is 7.18. The second-order valence-electron chi connectivity index (χ2n) is 5.48. The van der Waals surface area contributed by atoms with E-state index in [1.165, 1.54) is 0 Å². The molecule has 1 aliphatic heterocycles. The number of nitrogens with one attached hydrogen (secondary N) is 1. The number of carbonyl (C=O) groups is 1. The molecule has 2 heterocycles. The first-order valence-electron chi connectivity index (χ1n) is 7.23. The zero-order valence-electron chi connectivity index (χ0n) is 11.8. The Kier molecular flexibility index (Phi) is 4.36. The van der Waals surface area contributed by atoms with Gasteiger partial charge in [0.15, 0.2) is 5.78 Å². The maximum absolute atomic E-state index is 12.6. The van der Waals surface area contributed by atoms with Gasteiger partial charge in [-0.05, 0) is 43.7 Å². The lowest BCUT2D eigenvalue weighted by Crippen LogP contribution is -2.38. The largest absolute Gasteiger partial charge is 0.348 e. The molecule has 1 saturated heterocycles. The third-order valence-electron chi connectivity index (χ3n) is 3.93. The molecule has 1 aromatic carbocycles. The third-order valence-corrected chi connectivity index (χ3v) is 4.19. The molecule has 1 atom stereocenters. The lowest BCUT2D eigenvalue weighted by Gasteiger charge is -2.31. The van der Waals surface area contributed by atoms with E-state index in [9.17, 15) is 4.79 Å². The predicted octanol–water partition coefficient (Wildman–Crippen LogP) is 3.16. The van der Waals surface area contributed by atoms with Crippen LogP contribution in [0, 0.1) is 5.92 Å². The minimum Gasteiger partial charge on any atom is -0.348 e. The number of ketones is 1. The molecule has 0 spiro atoms. The second-order valence-corrected chi connectivity index (χ2v) is 5.92. The van der Waals surface area contributed by atoms with E-state index in [1.54, 1.807) is 18.3 Å². The normalized spacial score (nSPS) is 19.6. The fourth-order valence-electron chi connectivity index (χ4n) is 2.86. The van der Waals surface area contributed by atoms with Crippen molar-refractivity contribution in [3.63, 3.8) is 0 Å². The van der Waals surface area contributed by atoms with Crippen LogP contribution >= 0.6 is 11.6 Å². The SMILES string of the molecule is O=C(c1ccc(Cl)cc1)C1CCCN(Cc2ncc[nH]2)C1. The maximum atomic E-state index is 12.6. The first-order chi connectivity index (χ1) is 10.2. The van der Waals surface area contributed by atoms with Gasteiger partial charge in [0, 0.05) is 35.4 Å². The van der Waals surface area contributed by atoms with Crippen LogP contribution in [-0.4, -0.2) is 33.7 Å². The van der Waals surface area contributed by atoms with Crippen molar-refractivity contribution in [1.82, 2.24) is 14.9 Å². The summed E-state index contributed by atoms with van der Waals surface area (Å²) in [4.78, 5) is 22.2. The summed E-state index contributed by atoms with van der Waals surface area (Å²) in [5, 5.41) is 0.662. The highest BCUT2D eigenvalue weighted by atomic mass is 35.5. The smallest absolute Gasteiger partial charge is 0.167 e. The predicted molar refractivity (Wildman–Crippen MR) is 82.4 cm³/mol. The summed E-state index contributed by atoms with van der Waals surface area (Å²) in [6.07, 6.45) is 5.59. The molecule has 5 heteroatoms. The number of carbonyl (C=O) groups excluding carboxylic acids is 1. The number of imidazole rings is 1. The molecule has 21 heavy (non-hydrogen) atoms. The number of H-pyrrole nitrogens is 1. The van der Waals surface area contributed by atoms with Gasteiger partial charge in [0.05, 0.1) is 6.54 Å². The fraction of sp³-hybridized carbons (Fsp3) is 0.375. The van der Waals surface area contributed by atoms with Crippen molar-refractivity contribution in [3.8, 4) is 0 Å². The number of Topliss-reactive ketones (excluding diaryl/α,β-unsaturated/α-hetero) is 1. The minimum absolute atomic E-state index is 0.0647. The number of likely N-dealkylation sites (tertiary alicyclic amines) is 1. The van der Waals surface area contributed by atoms with E-state index in [0.717, 1.165) is 43.9 Å². The molecule has 0 radical (unpaired) electrons. The summed E-state index contributed by atoms with van der Waals surface area (Å²) < 4.78 is 0. The number of rotatable bonds is 4. The molecule has 1 N–H and O–H groups in total. The quantitative estimate of drug-likeness (QED) is 0.883. The van der Waals surface area contributed by atoms with Gasteiger partial charge in [-0.25, -0.2) is 4.98 Å². The van der Waals surface area contributed by atoms with Crippen LogP contribution in [-0.2, 0) is 6.54 Å². The average Bonchev–Trinajstić information content (AvgIpc) is 3.00. The summed E-state index contributed by atoms with van der Waals surface area (Å²) in [6.45, 7) is 2.59. The molecule has 1 aromatic heterocycles. The first kappa shape index (κ1) is 14.3. The number of aromatic amines is 1. The second kappa shape index (κ2) is 6.41. The van der Waals surface area contributed by atoms with Gasteiger partial charge in [0.2, 0.25) is 0 Å². The van der Waals surface area contributed by atoms with E-state index in [-0.39, 0.29) is 11.7 Å². The number of halogens is 1. The minimum atomic E-state index is 0.0647. The first-order valence-corrected chi connectivity index (χ1v) is 7.60. The van der Waals surface area contributed by atoms with Crippen molar-refractivity contribution < 1.29 is 4.79 Å². The van der Waals surface area contributed by atoms with Gasteiger partial charge in [-0.2, -0.15) is 0 Å². The topological polar surface area (TPSA) is 49.0 Å². The Labute approximate surface area is 129 Å². The number of hydrogen-bond acceptors (Lipinski definition) is 3. The van der Waals surface area contributed by atoms with E-state index in [1.807, 2.05) is 18.3 Å². The van der Waals surface area contributed by atoms with Crippen LogP contribution in [0.3, 0.4) is 0 Å². The van der Waals surface area contributed by atoms with Crippen molar-refractivity contribution in [2.45, 2.75) is 19.4 Å². The number of benzene rings is 1. The third kappa shape index (κ3) is 3.52. The lowest BCUT2D eigenvalue weighted by molar-refractivity contribution is 0.0808. The molecular weight excluding hydrogens is 286 g/mol. The summed E-state index contributed by atoms with van der Waals surface area (Å²) >= 11 is 5.87. The Bertz CT molecular complexity index is 594. The Morgan fingerprint density at radius 2 is 2.19 bits per heavy atom. The molecule has 0 amide bonds. The van der Waals surface area contributed by atoms with Crippen molar-refractivity contribution in [2.24, 2.45) is 5.92 Å². The van der Waals surface area contributed by atoms with E-state index in [4.69, 9.17) is 11.6 Å². The van der Waals surface area contributed by atoms with Gasteiger partial charge in [0.1, 0.15) is 5.82 Å². The van der Waals surface area contributed by atoms with Crippen molar-refractivity contribution >= 4 is 17.4 Å². The van der Waals surface area contributed by atoms with Gasteiger partial charge < -0.3 is 4.98 Å². The molecule has 2 aromatic rings. The van der Waals surface area contributed by atoms with Crippen LogP contribution in [0.2, 0.25) is 5.02 Å². The Balaban J connectivity index is 1.65. The molecular formula is C16H18ClN3O. The average molecular weight is 304 g/mol. The van der Waals surface area contributed by atoms with Crippen molar-refractivity contribution in [3.05, 3.63) is 53.1 Å². The molecule has 0 bridgehead atoms. The molecule has 3 rings (SSSR count). The van der Waals surface area contributed by atoms with Gasteiger partial charge in [-0.15, -0.1) is 0 Å². The summed E-state index contributed by atoms with van der Waals surface area (Å²) in [5.41, 5.74) is 0.754. The standard InChI is InChI=1S/C16H18ClN3O/c17-14-5-3-12(4-6-14)16(21)13-2-1-9-20(10-13)11-15-18-7-8-19-15/h3-8,13H,1-2,9-11H2,(H,18,19). The Morgan fingerprint density at radius 1 is 1.38 bits per heavy atom. The van der Waals surface area contributed by atoms with Crippen LogP contribution in [0.4, 0.5) is 0 Å². The highest BCUT2D eigenvalue weighted by Gasteiger charge is 2.26. The molecule has 110 valence electrons. The number of hydrogen-bond donors (Lipinski definition) is 1. The summed E-state index contributed by atoms with van der Waals surface area (Å²) in [5.74, 6) is 1.24. The van der Waals surface area contributed by atoms with Crippen molar-refractivity contribution in [2.75, 3.05) is 13.1 Å². The van der Waals surface area contributed by atoms with Crippen molar-refractivity contribution in [1.29, 1.82) is 0 Å². The van der Waals surface area contributed by atoms with Crippen LogP contribution < -0.4 is 0 Å². The van der Waals surface area contributed by atoms with Crippen LogP contribution in [0.25, 0.3) is 0 Å². The Hall–Kier alpha value is -1.65. The highest BCUT2D eigenvalue weighted by Crippen LogP contribution is 2.22. The maximum Gasteiger partial charge on any atom is 0.167 e. The number of piperidine rings is 1. The zero-order chi connectivity index (χ0) is 14.7. The molecule has 1 unspecified atom stereocenters. The highest BCUT2D eigenvalue weighted by molar-refractivity contribution is 6.30. The van der Waals surface area contributed by atoms with E-state index < -0.39 is 0 Å². The van der Waals surface area contributed by atoms with Crippen LogP contribution in [0.15, 0.2) is 36.7 Å². The molecule has 1 aliphatic rings. The monoisotopic (exact) mass is 303 g/mol. The molecule has 1 fully saturated rings. The van der Waals surface area contributed by atoms with Crippen LogP contribution in [0.5, 0.6) is 0 Å². The zero-order valence-corrected chi connectivity index (χ0v) is 12.5. The van der Waals surface area contributed by atoms with Crippen LogP contribution in [0.1, 0.15) is 29.0 Å².